The molecule has 0 saturated heterocycles. The van der Waals surface area contributed by atoms with Gasteiger partial charge in [0.1, 0.15) is 0 Å². The van der Waals surface area contributed by atoms with Gasteiger partial charge in [-0.05, 0) is 17.0 Å². The lowest BCUT2D eigenvalue weighted by Crippen LogP contribution is -2.32. The Balaban J connectivity index is 2.19. The average Bonchev–Trinajstić information content (AvgIpc) is 2.43. The summed E-state index contributed by atoms with van der Waals surface area (Å²) < 4.78 is 0. The Bertz CT molecular complexity index is 588. The maximum absolute atomic E-state index is 9.89. The Morgan fingerprint density at radius 2 is 1.62 bits per heavy atom. The maximum atomic E-state index is 9.89. The van der Waals surface area contributed by atoms with Crippen molar-refractivity contribution in [3.05, 3.63) is 59.7 Å². The molecule has 0 bridgehead atoms. The molecule has 3 heteroatoms. The minimum Gasteiger partial charge on any atom is -0.504 e. The summed E-state index contributed by atoms with van der Waals surface area (Å²) in [5.41, 5.74) is 1.94. The van der Waals surface area contributed by atoms with Crippen LogP contribution < -0.4 is 5.32 Å². The van der Waals surface area contributed by atoms with Crippen molar-refractivity contribution in [3.63, 3.8) is 0 Å². The van der Waals surface area contributed by atoms with Gasteiger partial charge in [-0.3, -0.25) is 0 Å². The minimum absolute atomic E-state index is 0.0355. The van der Waals surface area contributed by atoms with Crippen LogP contribution in [0.4, 0.5) is 0 Å². The van der Waals surface area contributed by atoms with E-state index in [-0.39, 0.29) is 23.0 Å². The number of para-hydroxylation sites is 1. The van der Waals surface area contributed by atoms with Crippen molar-refractivity contribution in [2.24, 2.45) is 5.41 Å². The molecule has 0 saturated carbocycles. The molecule has 3 N–H and O–H groups in total. The molecular weight excluding hydrogens is 262 g/mol. The van der Waals surface area contributed by atoms with Gasteiger partial charge >= 0.3 is 0 Å². The molecule has 0 aliphatic carbocycles. The van der Waals surface area contributed by atoms with Crippen LogP contribution in [0.5, 0.6) is 11.5 Å². The van der Waals surface area contributed by atoms with Crippen LogP contribution in [0.15, 0.2) is 48.5 Å². The molecule has 112 valence electrons. The van der Waals surface area contributed by atoms with Gasteiger partial charge in [-0.1, -0.05) is 63.2 Å². The number of phenols is 2. The van der Waals surface area contributed by atoms with E-state index in [1.807, 2.05) is 24.3 Å². The Morgan fingerprint density at radius 1 is 0.952 bits per heavy atom. The van der Waals surface area contributed by atoms with Gasteiger partial charge in [0.15, 0.2) is 11.5 Å². The molecule has 1 atom stereocenters. The standard InChI is InChI=1S/C18H23NO2/c1-18(2,3)17(13-8-5-4-6-9-13)19-12-14-10-7-11-15(20)16(14)21/h4-11,17,19-21H,12H2,1-3H3. The number of aromatic hydroxyl groups is 2. The van der Waals surface area contributed by atoms with Gasteiger partial charge in [0.05, 0.1) is 0 Å². The van der Waals surface area contributed by atoms with Gasteiger partial charge in [0.2, 0.25) is 0 Å². The van der Waals surface area contributed by atoms with E-state index in [9.17, 15) is 10.2 Å². The molecule has 0 amide bonds. The summed E-state index contributed by atoms with van der Waals surface area (Å²) in [7, 11) is 0. The number of hydrogen-bond donors (Lipinski definition) is 3. The largest absolute Gasteiger partial charge is 0.504 e. The highest BCUT2D eigenvalue weighted by Gasteiger charge is 2.25. The second kappa shape index (κ2) is 6.19. The Morgan fingerprint density at radius 3 is 2.24 bits per heavy atom. The van der Waals surface area contributed by atoms with E-state index in [0.29, 0.717) is 12.1 Å². The quantitative estimate of drug-likeness (QED) is 0.745. The average molecular weight is 285 g/mol. The van der Waals surface area contributed by atoms with Crippen molar-refractivity contribution >= 4 is 0 Å². The van der Waals surface area contributed by atoms with Gasteiger partial charge in [0.25, 0.3) is 0 Å². The van der Waals surface area contributed by atoms with Crippen LogP contribution in [0.3, 0.4) is 0 Å². The number of phenolic OH excluding ortho intramolecular Hbond substituents is 2. The van der Waals surface area contributed by atoms with Gasteiger partial charge in [-0.25, -0.2) is 0 Å². The SMILES string of the molecule is CC(C)(C)C(NCc1cccc(O)c1O)c1ccccc1. The minimum atomic E-state index is -0.0821. The Labute approximate surface area is 126 Å². The van der Waals surface area contributed by atoms with Crippen LogP contribution in [0, 0.1) is 5.41 Å². The molecule has 2 aromatic rings. The van der Waals surface area contributed by atoms with E-state index in [0.717, 1.165) is 0 Å². The second-order valence-electron chi connectivity index (χ2n) is 6.38. The molecule has 0 fully saturated rings. The lowest BCUT2D eigenvalue weighted by molar-refractivity contribution is 0.269. The molecular formula is C18H23NO2. The Hall–Kier alpha value is -2.00. The van der Waals surface area contributed by atoms with Gasteiger partial charge in [-0.15, -0.1) is 0 Å². The van der Waals surface area contributed by atoms with Gasteiger partial charge in [0, 0.05) is 18.2 Å². The monoisotopic (exact) mass is 285 g/mol. The third kappa shape index (κ3) is 3.76. The highest BCUT2D eigenvalue weighted by molar-refractivity contribution is 5.44. The van der Waals surface area contributed by atoms with Crippen LogP contribution in [-0.4, -0.2) is 10.2 Å². The molecule has 0 spiro atoms. The molecule has 1 unspecified atom stereocenters. The normalized spacial score (nSPS) is 13.1. The summed E-state index contributed by atoms with van der Waals surface area (Å²) in [6.07, 6.45) is 0. The molecule has 0 aliphatic heterocycles. The lowest BCUT2D eigenvalue weighted by Gasteiger charge is -2.32. The first-order chi connectivity index (χ1) is 9.89. The second-order valence-corrected chi connectivity index (χ2v) is 6.38. The zero-order chi connectivity index (χ0) is 15.5. The van der Waals surface area contributed by atoms with Crippen molar-refractivity contribution < 1.29 is 10.2 Å². The third-order valence-corrected chi connectivity index (χ3v) is 3.59. The fourth-order valence-corrected chi connectivity index (χ4v) is 2.50. The first kappa shape index (κ1) is 15.4. The number of nitrogens with one attached hydrogen (secondary N) is 1. The lowest BCUT2D eigenvalue weighted by atomic mass is 9.82. The maximum Gasteiger partial charge on any atom is 0.161 e. The highest BCUT2D eigenvalue weighted by Crippen LogP contribution is 2.34. The van der Waals surface area contributed by atoms with Crippen molar-refractivity contribution in [1.29, 1.82) is 0 Å². The summed E-state index contributed by atoms with van der Waals surface area (Å²) in [5.74, 6) is -0.132. The summed E-state index contributed by atoms with van der Waals surface area (Å²) in [4.78, 5) is 0. The molecule has 0 aromatic heterocycles. The van der Waals surface area contributed by atoms with Crippen LogP contribution in [0.2, 0.25) is 0 Å². The van der Waals surface area contributed by atoms with Crippen LogP contribution in [-0.2, 0) is 6.54 Å². The van der Waals surface area contributed by atoms with Crippen molar-refractivity contribution in [3.8, 4) is 11.5 Å². The van der Waals surface area contributed by atoms with Crippen molar-refractivity contribution in [2.75, 3.05) is 0 Å². The zero-order valence-electron chi connectivity index (χ0n) is 12.8. The Kier molecular flexibility index (Phi) is 4.53. The molecule has 3 nitrogen and oxygen atoms in total. The topological polar surface area (TPSA) is 52.5 Å². The van der Waals surface area contributed by atoms with Crippen molar-refractivity contribution in [2.45, 2.75) is 33.4 Å². The van der Waals surface area contributed by atoms with E-state index in [1.54, 1.807) is 6.07 Å². The summed E-state index contributed by atoms with van der Waals surface area (Å²) >= 11 is 0. The fraction of sp³-hybridized carbons (Fsp3) is 0.333. The molecule has 2 rings (SSSR count). The predicted molar refractivity (Wildman–Crippen MR) is 85.2 cm³/mol. The zero-order valence-corrected chi connectivity index (χ0v) is 12.8. The van der Waals surface area contributed by atoms with E-state index < -0.39 is 0 Å². The highest BCUT2D eigenvalue weighted by atomic mass is 16.3. The van der Waals surface area contributed by atoms with Crippen LogP contribution >= 0.6 is 0 Å². The van der Waals surface area contributed by atoms with E-state index in [4.69, 9.17) is 0 Å². The molecule has 2 aromatic carbocycles. The number of hydrogen-bond acceptors (Lipinski definition) is 3. The third-order valence-electron chi connectivity index (χ3n) is 3.59. The number of rotatable bonds is 4. The molecule has 21 heavy (non-hydrogen) atoms. The van der Waals surface area contributed by atoms with Gasteiger partial charge in [-0.2, -0.15) is 0 Å². The smallest absolute Gasteiger partial charge is 0.161 e. The van der Waals surface area contributed by atoms with E-state index in [2.05, 4.69) is 38.2 Å². The van der Waals surface area contributed by atoms with E-state index >= 15 is 0 Å². The predicted octanol–water partition coefficient (Wildman–Crippen LogP) is 3.97. The first-order valence-electron chi connectivity index (χ1n) is 7.18. The summed E-state index contributed by atoms with van der Waals surface area (Å²) in [6, 6.07) is 15.5. The van der Waals surface area contributed by atoms with Crippen LogP contribution in [0.25, 0.3) is 0 Å². The van der Waals surface area contributed by atoms with Crippen molar-refractivity contribution in [1.82, 2.24) is 5.32 Å². The molecule has 0 heterocycles. The molecule has 0 radical (unpaired) electrons. The van der Waals surface area contributed by atoms with E-state index in [1.165, 1.54) is 11.6 Å². The molecule has 0 aliphatic rings. The van der Waals surface area contributed by atoms with Crippen LogP contribution in [0.1, 0.15) is 37.9 Å². The first-order valence-corrected chi connectivity index (χ1v) is 7.18. The van der Waals surface area contributed by atoms with Gasteiger partial charge < -0.3 is 15.5 Å². The summed E-state index contributed by atoms with van der Waals surface area (Å²) in [6.45, 7) is 7.04. The fourth-order valence-electron chi connectivity index (χ4n) is 2.50. The summed E-state index contributed by atoms with van der Waals surface area (Å²) in [5, 5.41) is 22.9. The number of benzene rings is 2.